The van der Waals surface area contributed by atoms with Gasteiger partial charge in [-0.1, -0.05) is 13.0 Å². The smallest absolute Gasteiger partial charge is 0.213 e. The first kappa shape index (κ1) is 22.6. The van der Waals surface area contributed by atoms with E-state index in [2.05, 4.69) is 43.3 Å². The van der Waals surface area contributed by atoms with Crippen LogP contribution in [0.1, 0.15) is 25.4 Å². The topological polar surface area (TPSA) is 78.8 Å². The maximum absolute atomic E-state index is 5.19. The number of hydrogen-bond acceptors (Lipinski definition) is 7. The Morgan fingerprint density at radius 3 is 2.64 bits per heavy atom. The molecule has 0 atom stereocenters. The molecule has 3 heterocycles. The molecule has 1 aliphatic heterocycles. The zero-order valence-corrected chi connectivity index (χ0v) is 19.7. The van der Waals surface area contributed by atoms with Gasteiger partial charge >= 0.3 is 0 Å². The Balaban J connectivity index is 0.00000280. The van der Waals surface area contributed by atoms with Crippen LogP contribution >= 0.6 is 35.5 Å². The minimum atomic E-state index is 0. The highest BCUT2D eigenvalue weighted by Gasteiger charge is 2.22. The SMILES string of the molecule is CCNC(=NCc1cccc(OC)n1)N1CCN(c2nc(CC)ns2)CC1.I. The Kier molecular flexibility index (Phi) is 9.16. The van der Waals surface area contributed by atoms with E-state index in [1.165, 1.54) is 11.5 Å². The average molecular weight is 517 g/mol. The number of methoxy groups -OCH3 is 1. The molecule has 28 heavy (non-hydrogen) atoms. The van der Waals surface area contributed by atoms with Gasteiger partial charge in [-0.3, -0.25) is 0 Å². The van der Waals surface area contributed by atoms with E-state index in [0.717, 1.165) is 61.8 Å². The van der Waals surface area contributed by atoms with Crippen molar-refractivity contribution in [2.24, 2.45) is 4.99 Å². The van der Waals surface area contributed by atoms with E-state index in [-0.39, 0.29) is 24.0 Å². The first-order valence-corrected chi connectivity index (χ1v) is 10.1. The molecule has 10 heteroatoms. The number of nitrogens with zero attached hydrogens (tertiary/aromatic N) is 6. The predicted molar refractivity (Wildman–Crippen MR) is 124 cm³/mol. The minimum absolute atomic E-state index is 0. The van der Waals surface area contributed by atoms with Gasteiger partial charge in [-0.2, -0.15) is 4.37 Å². The molecule has 154 valence electrons. The fourth-order valence-corrected chi connectivity index (χ4v) is 3.67. The highest BCUT2D eigenvalue weighted by Crippen LogP contribution is 2.19. The quantitative estimate of drug-likeness (QED) is 0.358. The maximum Gasteiger partial charge on any atom is 0.213 e. The van der Waals surface area contributed by atoms with Crippen molar-refractivity contribution >= 4 is 46.6 Å². The van der Waals surface area contributed by atoms with Crippen LogP contribution in [-0.2, 0) is 13.0 Å². The first-order chi connectivity index (χ1) is 13.2. The molecule has 0 saturated carbocycles. The lowest BCUT2D eigenvalue weighted by atomic mass is 10.3. The fraction of sp³-hybridized carbons (Fsp3) is 0.556. The number of piperazine rings is 1. The number of aliphatic imine (C=N–C) groups is 1. The van der Waals surface area contributed by atoms with Crippen LogP contribution in [0.4, 0.5) is 5.13 Å². The second kappa shape index (κ2) is 11.3. The van der Waals surface area contributed by atoms with Gasteiger partial charge in [0.1, 0.15) is 5.82 Å². The van der Waals surface area contributed by atoms with Crippen LogP contribution in [0.3, 0.4) is 0 Å². The predicted octanol–water partition coefficient (Wildman–Crippen LogP) is 2.41. The van der Waals surface area contributed by atoms with Crippen molar-refractivity contribution in [1.82, 2.24) is 24.6 Å². The molecule has 8 nitrogen and oxygen atoms in total. The van der Waals surface area contributed by atoms with Crippen molar-refractivity contribution in [3.8, 4) is 5.88 Å². The lowest BCUT2D eigenvalue weighted by Gasteiger charge is -2.36. The Morgan fingerprint density at radius 1 is 1.21 bits per heavy atom. The summed E-state index contributed by atoms with van der Waals surface area (Å²) in [6.45, 7) is 9.16. The van der Waals surface area contributed by atoms with Gasteiger partial charge in [-0.15, -0.1) is 24.0 Å². The molecule has 0 amide bonds. The Bertz CT molecular complexity index is 762. The maximum atomic E-state index is 5.19. The van der Waals surface area contributed by atoms with Crippen molar-refractivity contribution in [3.63, 3.8) is 0 Å². The summed E-state index contributed by atoms with van der Waals surface area (Å²) in [6, 6.07) is 5.75. The molecule has 0 bridgehead atoms. The number of nitrogens with one attached hydrogen (secondary N) is 1. The summed E-state index contributed by atoms with van der Waals surface area (Å²) in [7, 11) is 1.63. The van der Waals surface area contributed by atoms with Gasteiger partial charge in [0.15, 0.2) is 5.96 Å². The van der Waals surface area contributed by atoms with E-state index in [0.29, 0.717) is 12.4 Å². The zero-order chi connectivity index (χ0) is 19.1. The van der Waals surface area contributed by atoms with Gasteiger partial charge in [0, 0.05) is 56.7 Å². The van der Waals surface area contributed by atoms with Crippen molar-refractivity contribution in [2.75, 3.05) is 44.7 Å². The lowest BCUT2D eigenvalue weighted by molar-refractivity contribution is 0.372. The van der Waals surface area contributed by atoms with Gasteiger partial charge in [0.2, 0.25) is 11.0 Å². The summed E-state index contributed by atoms with van der Waals surface area (Å²) < 4.78 is 9.58. The van der Waals surface area contributed by atoms with Gasteiger partial charge in [-0.05, 0) is 13.0 Å². The van der Waals surface area contributed by atoms with Crippen molar-refractivity contribution < 1.29 is 4.74 Å². The Hall–Kier alpha value is -1.69. The summed E-state index contributed by atoms with van der Waals surface area (Å²) in [5.74, 6) is 2.47. The lowest BCUT2D eigenvalue weighted by Crippen LogP contribution is -2.52. The summed E-state index contributed by atoms with van der Waals surface area (Å²) >= 11 is 1.49. The highest BCUT2D eigenvalue weighted by atomic mass is 127. The van der Waals surface area contributed by atoms with Crippen LogP contribution in [0.25, 0.3) is 0 Å². The molecule has 0 aliphatic carbocycles. The molecule has 2 aromatic heterocycles. The third-order valence-electron chi connectivity index (χ3n) is 4.34. The number of anilines is 1. The summed E-state index contributed by atoms with van der Waals surface area (Å²) in [5, 5.41) is 4.41. The molecule has 1 N–H and O–H groups in total. The van der Waals surface area contributed by atoms with Crippen molar-refractivity contribution in [2.45, 2.75) is 26.8 Å². The van der Waals surface area contributed by atoms with E-state index in [4.69, 9.17) is 9.73 Å². The molecule has 0 unspecified atom stereocenters. The number of pyridine rings is 1. The molecular weight excluding hydrogens is 489 g/mol. The monoisotopic (exact) mass is 517 g/mol. The minimum Gasteiger partial charge on any atom is -0.481 e. The van der Waals surface area contributed by atoms with Crippen LogP contribution in [0.15, 0.2) is 23.2 Å². The van der Waals surface area contributed by atoms with E-state index in [1.807, 2.05) is 18.2 Å². The third-order valence-corrected chi connectivity index (χ3v) is 5.15. The third kappa shape index (κ3) is 5.90. The van der Waals surface area contributed by atoms with Crippen LogP contribution in [-0.4, -0.2) is 65.0 Å². The number of halogens is 1. The fourth-order valence-electron chi connectivity index (χ4n) is 2.87. The van der Waals surface area contributed by atoms with Crippen molar-refractivity contribution in [3.05, 3.63) is 29.7 Å². The van der Waals surface area contributed by atoms with Gasteiger partial charge in [0.05, 0.1) is 19.3 Å². The number of aryl methyl sites for hydroxylation is 1. The molecule has 0 radical (unpaired) electrons. The second-order valence-electron chi connectivity index (χ2n) is 6.16. The molecule has 1 fully saturated rings. The van der Waals surface area contributed by atoms with Crippen LogP contribution in [0.5, 0.6) is 5.88 Å². The summed E-state index contributed by atoms with van der Waals surface area (Å²) in [5.41, 5.74) is 0.893. The standard InChI is InChI=1S/C18H27N7OS.HI/c1-4-15-22-18(27-23-15)25-11-9-24(10-12-25)17(19-5-2)20-13-14-7-6-8-16(21-14)26-3;/h6-8H,4-5,9-13H2,1-3H3,(H,19,20);1H. The highest BCUT2D eigenvalue weighted by molar-refractivity contribution is 14.0. The molecule has 1 saturated heterocycles. The average Bonchev–Trinajstić information content (AvgIpc) is 3.21. The molecular formula is C18H28IN7OS. The van der Waals surface area contributed by atoms with E-state index < -0.39 is 0 Å². The second-order valence-corrected chi connectivity index (χ2v) is 6.89. The molecule has 0 spiro atoms. The summed E-state index contributed by atoms with van der Waals surface area (Å²) in [6.07, 6.45) is 0.881. The van der Waals surface area contributed by atoms with Gasteiger partial charge in [0.25, 0.3) is 0 Å². The number of guanidine groups is 1. The number of aromatic nitrogens is 3. The van der Waals surface area contributed by atoms with E-state index in [1.54, 1.807) is 7.11 Å². The van der Waals surface area contributed by atoms with E-state index in [9.17, 15) is 0 Å². The zero-order valence-electron chi connectivity index (χ0n) is 16.6. The van der Waals surface area contributed by atoms with E-state index >= 15 is 0 Å². The Labute approximate surface area is 187 Å². The first-order valence-electron chi connectivity index (χ1n) is 9.34. The largest absolute Gasteiger partial charge is 0.481 e. The normalized spacial score (nSPS) is 14.6. The summed E-state index contributed by atoms with van der Waals surface area (Å²) in [4.78, 5) is 18.4. The van der Waals surface area contributed by atoms with Gasteiger partial charge < -0.3 is 19.9 Å². The van der Waals surface area contributed by atoms with Crippen molar-refractivity contribution in [1.29, 1.82) is 0 Å². The molecule has 0 aromatic carbocycles. The Morgan fingerprint density at radius 2 is 2.00 bits per heavy atom. The number of rotatable bonds is 6. The molecule has 3 rings (SSSR count). The number of hydrogen-bond donors (Lipinski definition) is 1. The van der Waals surface area contributed by atoms with Crippen LogP contribution in [0, 0.1) is 0 Å². The van der Waals surface area contributed by atoms with Gasteiger partial charge in [-0.25, -0.2) is 15.0 Å². The molecule has 2 aromatic rings. The van der Waals surface area contributed by atoms with Crippen LogP contribution < -0.4 is 15.0 Å². The molecule has 1 aliphatic rings. The number of ether oxygens (including phenoxy) is 1. The van der Waals surface area contributed by atoms with Crippen LogP contribution in [0.2, 0.25) is 0 Å².